The second-order valence-corrected chi connectivity index (χ2v) is 46.1. The van der Waals surface area contributed by atoms with E-state index in [1.807, 2.05) is 7.50 Å². The molecule has 1 rings (SSSR count). The van der Waals surface area contributed by atoms with Crippen molar-refractivity contribution in [1.82, 2.24) is 0 Å². The molecule has 1 radical (unpaired) electrons. The van der Waals surface area contributed by atoms with Gasteiger partial charge in [0.25, 0.3) is 0 Å². The van der Waals surface area contributed by atoms with Crippen molar-refractivity contribution in [2.75, 3.05) is 0 Å². The maximum atomic E-state index is 2.82. The molecule has 1 aromatic rings. The summed E-state index contributed by atoms with van der Waals surface area (Å²) in [6.07, 6.45) is 5.64. The Hall–Kier alpha value is 0.190. The Bertz CT molecular complexity index is 967. The third-order valence-electron chi connectivity index (χ3n) is 7.88. The summed E-state index contributed by atoms with van der Waals surface area (Å²) in [5.74, 6) is 0. The first-order valence-corrected chi connectivity index (χ1v) is 25.0. The third-order valence-corrected chi connectivity index (χ3v) is 34.7. The van der Waals surface area contributed by atoms with E-state index in [-0.39, 0.29) is 16.2 Å². The van der Waals surface area contributed by atoms with Crippen molar-refractivity contribution in [3.63, 3.8) is 0 Å². The van der Waals surface area contributed by atoms with Crippen LogP contribution in [0.3, 0.4) is 0 Å². The summed E-state index contributed by atoms with van der Waals surface area (Å²) in [6, 6.07) is 10.1. The molecular weight excluding hydrogens is 624 g/mol. The molecule has 0 aromatic heterocycles. The van der Waals surface area contributed by atoms with E-state index >= 15 is 0 Å². The zero-order valence-electron chi connectivity index (χ0n) is 31.6. The summed E-state index contributed by atoms with van der Waals surface area (Å²) in [4.78, 5) is 0. The molecule has 0 aliphatic carbocycles. The van der Waals surface area contributed by atoms with Crippen LogP contribution in [0.2, 0.25) is 15.9 Å². The Labute approximate surface area is 271 Å². The van der Waals surface area contributed by atoms with E-state index in [1.54, 1.807) is 5.19 Å². The van der Waals surface area contributed by atoms with Gasteiger partial charge in [0.05, 0.1) is 0 Å². The molecule has 0 unspecified atom stereocenters. The Morgan fingerprint density at radius 1 is 0.463 bits per heavy atom. The second kappa shape index (κ2) is 12.9. The van der Waals surface area contributed by atoms with Crippen LogP contribution in [0.15, 0.2) is 43.9 Å². The first-order chi connectivity index (χ1) is 17.8. The molecule has 0 saturated carbocycles. The minimum atomic E-state index is -2.16. The van der Waals surface area contributed by atoms with Gasteiger partial charge >= 0.3 is 273 Å². The SMILES string of the molecule is CC(C)(C)/C=[C](\[Si](/[C](=C\C(C)(C)C)[Ga]([C](C)(C)C)[C](C)(C)C)c1ccc(C(C)(C)C)cc1)[Ga]([C](C)(C)C)[C](C)(C)C. The van der Waals surface area contributed by atoms with Gasteiger partial charge in [0, 0.05) is 0 Å². The van der Waals surface area contributed by atoms with Gasteiger partial charge in [0.1, 0.15) is 0 Å². The van der Waals surface area contributed by atoms with E-state index in [1.165, 1.54) is 5.56 Å². The fourth-order valence-electron chi connectivity index (χ4n) is 7.63. The average molecular weight is 694 g/mol. The van der Waals surface area contributed by atoms with Crippen LogP contribution in [0.1, 0.15) is 151 Å². The summed E-state index contributed by atoms with van der Waals surface area (Å²) in [5.41, 5.74) is 1.90. The van der Waals surface area contributed by atoms with Crippen molar-refractivity contribution in [2.24, 2.45) is 10.8 Å². The number of benzene rings is 1. The molecule has 0 aliphatic rings. The van der Waals surface area contributed by atoms with Crippen molar-refractivity contribution < 1.29 is 0 Å². The molecule has 0 fully saturated rings. The fourth-order valence-corrected chi connectivity index (χ4v) is 51.4. The zero-order chi connectivity index (χ0) is 32.8. The quantitative estimate of drug-likeness (QED) is 0.269. The molecule has 0 amide bonds. The van der Waals surface area contributed by atoms with Crippen molar-refractivity contribution in [3.8, 4) is 0 Å². The van der Waals surface area contributed by atoms with Crippen molar-refractivity contribution in [2.45, 2.75) is 167 Å². The summed E-state index contributed by atoms with van der Waals surface area (Å²) in [6.45, 7) is 52.5. The van der Waals surface area contributed by atoms with Crippen molar-refractivity contribution >= 4 is 46.4 Å². The topological polar surface area (TPSA) is 0 Å². The Kier molecular flexibility index (Phi) is 12.3. The van der Waals surface area contributed by atoms with Gasteiger partial charge in [-0.15, -0.1) is 0 Å². The van der Waals surface area contributed by atoms with Crippen LogP contribution in [0.25, 0.3) is 0 Å². The monoisotopic (exact) mass is 691 g/mol. The Balaban J connectivity index is 4.55. The van der Waals surface area contributed by atoms with Gasteiger partial charge in [-0.25, -0.2) is 0 Å². The van der Waals surface area contributed by atoms with Crippen LogP contribution in [-0.2, 0) is 5.41 Å². The molecule has 1 aromatic carbocycles. The molecule has 0 N–H and O–H groups in total. The first kappa shape index (κ1) is 39.2. The number of allylic oxidation sites excluding steroid dienone is 2. The number of hydrogen-bond acceptors (Lipinski definition) is 0. The second-order valence-electron chi connectivity index (χ2n) is 20.5. The van der Waals surface area contributed by atoms with Crippen molar-refractivity contribution in [1.29, 1.82) is 0 Å². The first-order valence-electron chi connectivity index (χ1n) is 16.2. The van der Waals surface area contributed by atoms with E-state index in [0.717, 1.165) is 0 Å². The van der Waals surface area contributed by atoms with Gasteiger partial charge in [0.15, 0.2) is 0 Å². The zero-order valence-corrected chi connectivity index (χ0v) is 37.5. The molecule has 0 saturated heterocycles. The van der Waals surface area contributed by atoms with E-state index < -0.39 is 41.2 Å². The van der Waals surface area contributed by atoms with Crippen LogP contribution < -0.4 is 5.19 Å². The Morgan fingerprint density at radius 3 is 0.927 bits per heavy atom. The third kappa shape index (κ3) is 11.9. The molecule has 0 bridgehead atoms. The summed E-state index contributed by atoms with van der Waals surface area (Å²) in [5, 5.41) is 1.63. The average Bonchev–Trinajstić information content (AvgIpc) is 2.60. The number of hydrogen-bond donors (Lipinski definition) is 0. The predicted molar refractivity (Wildman–Crippen MR) is 196 cm³/mol. The molecule has 41 heavy (non-hydrogen) atoms. The van der Waals surface area contributed by atoms with E-state index in [0.29, 0.717) is 15.9 Å². The normalized spacial score (nSPS) is 15.5. The van der Waals surface area contributed by atoms with Crippen molar-refractivity contribution in [3.05, 3.63) is 49.5 Å². The van der Waals surface area contributed by atoms with Gasteiger partial charge in [0.2, 0.25) is 0 Å². The van der Waals surface area contributed by atoms with Gasteiger partial charge in [-0.2, -0.15) is 0 Å². The molecular formula is C38H69Ga2Si. The van der Waals surface area contributed by atoms with Crippen LogP contribution >= 0.6 is 0 Å². The minimum absolute atomic E-state index is 0.148. The van der Waals surface area contributed by atoms with E-state index in [4.69, 9.17) is 0 Å². The van der Waals surface area contributed by atoms with Crippen LogP contribution in [0, 0.1) is 10.8 Å². The van der Waals surface area contributed by atoms with E-state index in [9.17, 15) is 0 Å². The molecule has 0 atom stereocenters. The van der Waals surface area contributed by atoms with Crippen LogP contribution in [0.5, 0.6) is 0 Å². The van der Waals surface area contributed by atoms with Crippen LogP contribution in [-0.4, -0.2) is 41.2 Å². The molecule has 0 spiro atoms. The maximum absolute atomic E-state index is 2.82. The van der Waals surface area contributed by atoms with Crippen LogP contribution in [0.4, 0.5) is 0 Å². The van der Waals surface area contributed by atoms with Gasteiger partial charge in [-0.3, -0.25) is 0 Å². The van der Waals surface area contributed by atoms with Gasteiger partial charge in [-0.1, -0.05) is 0 Å². The standard InChI is InChI=1S/C22H33Si.4C4H9.2Ga/c1-20(2,3)14-16-23(17-15-21(4,5)6)19-12-10-18(11-13-19)22(7,8)9;4*1-4(2)3;;/h10-15H,1-9H3;4*1-3H3;;. The number of rotatable bonds is 5. The summed E-state index contributed by atoms with van der Waals surface area (Å²) < 4.78 is 5.20. The summed E-state index contributed by atoms with van der Waals surface area (Å²) in [7, 11) is -1.16. The molecule has 3 heteroatoms. The molecule has 231 valence electrons. The van der Waals surface area contributed by atoms with Gasteiger partial charge < -0.3 is 0 Å². The van der Waals surface area contributed by atoms with Gasteiger partial charge in [-0.05, 0) is 0 Å². The Morgan fingerprint density at radius 2 is 0.732 bits per heavy atom. The van der Waals surface area contributed by atoms with E-state index in [2.05, 4.69) is 182 Å². The predicted octanol–water partition coefficient (Wildman–Crippen LogP) is 12.0. The molecule has 0 aliphatic heterocycles. The summed E-state index contributed by atoms with van der Waals surface area (Å²) >= 11 is -4.31. The molecule has 0 heterocycles. The fraction of sp³-hybridized carbons (Fsp3) is 0.737. The molecule has 0 nitrogen and oxygen atoms in total.